The van der Waals surface area contributed by atoms with Gasteiger partial charge < -0.3 is 4.74 Å². The van der Waals surface area contributed by atoms with Crippen LogP contribution in [0.3, 0.4) is 0 Å². The van der Waals surface area contributed by atoms with Gasteiger partial charge in [-0.25, -0.2) is 9.78 Å². The number of hydrogen-bond acceptors (Lipinski definition) is 4. The number of halogens is 1. The van der Waals surface area contributed by atoms with E-state index < -0.39 is 5.97 Å². The van der Waals surface area contributed by atoms with Crippen molar-refractivity contribution >= 4 is 23.4 Å². The third-order valence-electron chi connectivity index (χ3n) is 1.63. The van der Waals surface area contributed by atoms with Crippen molar-refractivity contribution in [2.45, 2.75) is 6.92 Å². The molecule has 1 rings (SSSR count). The van der Waals surface area contributed by atoms with Crippen molar-refractivity contribution in [3.8, 4) is 0 Å². The standard InChI is InChI=1S/C9H8ClNO3/c1-5(12)6-3-8(9(13)14-2)11-4-7(6)10/h3-4H,1-2H3. The number of esters is 1. The van der Waals surface area contributed by atoms with Gasteiger partial charge in [0.15, 0.2) is 5.78 Å². The van der Waals surface area contributed by atoms with Crippen LogP contribution < -0.4 is 0 Å². The van der Waals surface area contributed by atoms with Crippen LogP contribution in [0.1, 0.15) is 27.8 Å². The first-order valence-electron chi connectivity index (χ1n) is 3.81. The second kappa shape index (κ2) is 4.19. The summed E-state index contributed by atoms with van der Waals surface area (Å²) in [6.45, 7) is 1.36. The van der Waals surface area contributed by atoms with Crippen LogP contribution in [-0.4, -0.2) is 23.8 Å². The summed E-state index contributed by atoms with van der Waals surface area (Å²) in [5.74, 6) is -0.813. The molecule has 0 aliphatic carbocycles. The molecule has 74 valence electrons. The summed E-state index contributed by atoms with van der Waals surface area (Å²) in [5, 5.41) is 0.227. The van der Waals surface area contributed by atoms with E-state index in [2.05, 4.69) is 9.72 Å². The summed E-state index contributed by atoms with van der Waals surface area (Å²) in [6, 6.07) is 1.32. The molecule has 5 heteroatoms. The molecule has 0 aliphatic rings. The van der Waals surface area contributed by atoms with E-state index in [0.717, 1.165) is 0 Å². The molecule has 4 nitrogen and oxygen atoms in total. The maximum atomic E-state index is 11.1. The first kappa shape index (κ1) is 10.7. The van der Waals surface area contributed by atoms with Gasteiger partial charge in [-0.2, -0.15) is 0 Å². The zero-order chi connectivity index (χ0) is 10.7. The lowest BCUT2D eigenvalue weighted by Gasteiger charge is -2.02. The monoisotopic (exact) mass is 213 g/mol. The Bertz CT molecular complexity index is 390. The minimum Gasteiger partial charge on any atom is -0.464 e. The van der Waals surface area contributed by atoms with Gasteiger partial charge in [0.2, 0.25) is 0 Å². The molecule has 0 fully saturated rings. The Labute approximate surface area is 85.9 Å². The number of Topliss-reactive ketones (excluding diaryl/α,β-unsaturated/α-hetero) is 1. The normalized spacial score (nSPS) is 9.64. The Hall–Kier alpha value is -1.42. The van der Waals surface area contributed by atoms with Crippen molar-refractivity contribution in [2.24, 2.45) is 0 Å². The molecule has 0 unspecified atom stereocenters. The molecular formula is C9H8ClNO3. The van der Waals surface area contributed by atoms with Crippen LogP contribution in [0.4, 0.5) is 0 Å². The van der Waals surface area contributed by atoms with E-state index in [1.54, 1.807) is 0 Å². The highest BCUT2D eigenvalue weighted by molar-refractivity contribution is 6.33. The third kappa shape index (κ3) is 2.09. The largest absolute Gasteiger partial charge is 0.464 e. The third-order valence-corrected chi connectivity index (χ3v) is 1.93. The van der Waals surface area contributed by atoms with Crippen LogP contribution >= 0.6 is 11.6 Å². The number of rotatable bonds is 2. The van der Waals surface area contributed by atoms with Crippen LogP contribution in [-0.2, 0) is 4.74 Å². The summed E-state index contributed by atoms with van der Waals surface area (Å²) < 4.78 is 4.46. The van der Waals surface area contributed by atoms with Crippen molar-refractivity contribution in [3.05, 3.63) is 28.5 Å². The van der Waals surface area contributed by atoms with Crippen LogP contribution in [0.25, 0.3) is 0 Å². The topological polar surface area (TPSA) is 56.3 Å². The van der Waals surface area contributed by atoms with Crippen LogP contribution in [0, 0.1) is 0 Å². The minimum atomic E-state index is -0.593. The van der Waals surface area contributed by atoms with Crippen molar-refractivity contribution in [2.75, 3.05) is 7.11 Å². The highest BCUT2D eigenvalue weighted by Gasteiger charge is 2.12. The molecule has 0 bridgehead atoms. The lowest BCUT2D eigenvalue weighted by atomic mass is 10.1. The second-order valence-corrected chi connectivity index (χ2v) is 3.00. The Balaban J connectivity index is 3.19. The van der Waals surface area contributed by atoms with Crippen molar-refractivity contribution in [1.29, 1.82) is 0 Å². The predicted octanol–water partition coefficient (Wildman–Crippen LogP) is 1.72. The molecule has 0 spiro atoms. The average Bonchev–Trinajstić information content (AvgIpc) is 2.17. The smallest absolute Gasteiger partial charge is 0.356 e. The molecule has 1 aromatic rings. The first-order valence-corrected chi connectivity index (χ1v) is 4.19. The molecule has 0 saturated carbocycles. The van der Waals surface area contributed by atoms with E-state index in [1.807, 2.05) is 0 Å². The summed E-state index contributed by atoms with van der Waals surface area (Å²) in [5.41, 5.74) is 0.337. The molecule has 0 N–H and O–H groups in total. The van der Waals surface area contributed by atoms with E-state index >= 15 is 0 Å². The van der Waals surface area contributed by atoms with Gasteiger partial charge in [-0.1, -0.05) is 11.6 Å². The van der Waals surface area contributed by atoms with E-state index in [1.165, 1.54) is 26.3 Å². The molecule has 1 aromatic heterocycles. The summed E-state index contributed by atoms with van der Waals surface area (Å²) in [6.07, 6.45) is 1.25. The van der Waals surface area contributed by atoms with Crippen molar-refractivity contribution in [1.82, 2.24) is 4.98 Å². The number of aromatic nitrogens is 1. The van der Waals surface area contributed by atoms with E-state index in [-0.39, 0.29) is 22.1 Å². The molecule has 0 aliphatic heterocycles. The lowest BCUT2D eigenvalue weighted by Crippen LogP contribution is -2.06. The quantitative estimate of drug-likeness (QED) is 0.555. The van der Waals surface area contributed by atoms with Crippen LogP contribution in [0.5, 0.6) is 0 Å². The predicted molar refractivity (Wildman–Crippen MR) is 50.6 cm³/mol. The number of methoxy groups -OCH3 is 1. The van der Waals surface area contributed by atoms with Gasteiger partial charge in [-0.05, 0) is 13.0 Å². The molecule has 0 amide bonds. The fourth-order valence-corrected chi connectivity index (χ4v) is 1.16. The van der Waals surface area contributed by atoms with Gasteiger partial charge in [-0.15, -0.1) is 0 Å². The molecule has 0 atom stereocenters. The Morgan fingerprint density at radius 2 is 2.14 bits per heavy atom. The fourth-order valence-electron chi connectivity index (χ4n) is 0.925. The number of carbonyl (C=O) groups is 2. The summed E-state index contributed by atoms with van der Waals surface area (Å²) in [4.78, 5) is 25.9. The number of ketones is 1. The van der Waals surface area contributed by atoms with Crippen LogP contribution in [0.15, 0.2) is 12.3 Å². The number of pyridine rings is 1. The Morgan fingerprint density at radius 1 is 1.50 bits per heavy atom. The fraction of sp³-hybridized carbons (Fsp3) is 0.222. The molecule has 14 heavy (non-hydrogen) atoms. The van der Waals surface area contributed by atoms with Gasteiger partial charge in [0.05, 0.1) is 12.1 Å². The van der Waals surface area contributed by atoms with Gasteiger partial charge in [0.1, 0.15) is 5.69 Å². The highest BCUT2D eigenvalue weighted by atomic mass is 35.5. The lowest BCUT2D eigenvalue weighted by molar-refractivity contribution is 0.0594. The Morgan fingerprint density at radius 3 is 2.64 bits per heavy atom. The summed E-state index contributed by atoms with van der Waals surface area (Å²) in [7, 11) is 1.24. The van der Waals surface area contributed by atoms with E-state index in [4.69, 9.17) is 11.6 Å². The molecular weight excluding hydrogens is 206 g/mol. The number of nitrogens with zero attached hydrogens (tertiary/aromatic N) is 1. The summed E-state index contributed by atoms with van der Waals surface area (Å²) >= 11 is 5.70. The van der Waals surface area contributed by atoms with E-state index in [9.17, 15) is 9.59 Å². The molecule has 0 radical (unpaired) electrons. The van der Waals surface area contributed by atoms with Crippen molar-refractivity contribution in [3.63, 3.8) is 0 Å². The number of hydrogen-bond donors (Lipinski definition) is 0. The maximum absolute atomic E-state index is 11.1. The number of ether oxygens (including phenoxy) is 1. The van der Waals surface area contributed by atoms with E-state index in [0.29, 0.717) is 0 Å². The van der Waals surface area contributed by atoms with Gasteiger partial charge in [0, 0.05) is 11.8 Å². The minimum absolute atomic E-state index is 0.0714. The van der Waals surface area contributed by atoms with Crippen LogP contribution in [0.2, 0.25) is 5.02 Å². The van der Waals surface area contributed by atoms with Gasteiger partial charge >= 0.3 is 5.97 Å². The SMILES string of the molecule is COC(=O)c1cc(C(C)=O)c(Cl)cn1. The molecule has 0 aromatic carbocycles. The zero-order valence-electron chi connectivity index (χ0n) is 7.70. The highest BCUT2D eigenvalue weighted by Crippen LogP contribution is 2.16. The first-order chi connectivity index (χ1) is 6.56. The van der Waals surface area contributed by atoms with Gasteiger partial charge in [-0.3, -0.25) is 4.79 Å². The average molecular weight is 214 g/mol. The molecule has 0 saturated heterocycles. The molecule has 1 heterocycles. The Kier molecular flexibility index (Phi) is 3.19. The maximum Gasteiger partial charge on any atom is 0.356 e. The van der Waals surface area contributed by atoms with Gasteiger partial charge in [0.25, 0.3) is 0 Å². The number of carbonyl (C=O) groups excluding carboxylic acids is 2. The zero-order valence-corrected chi connectivity index (χ0v) is 8.46. The second-order valence-electron chi connectivity index (χ2n) is 2.60. The van der Waals surface area contributed by atoms with Crippen molar-refractivity contribution < 1.29 is 14.3 Å².